The zero-order valence-corrected chi connectivity index (χ0v) is 16.1. The van der Waals surface area contributed by atoms with Gasteiger partial charge in [-0.05, 0) is 68.6 Å². The molecule has 4 heteroatoms. The Hall–Kier alpha value is -0.160. The van der Waals surface area contributed by atoms with E-state index in [0.29, 0.717) is 29.8 Å². The Balaban J connectivity index is 1.18. The van der Waals surface area contributed by atoms with Crippen LogP contribution in [0, 0.1) is 17.3 Å². The van der Waals surface area contributed by atoms with Crippen molar-refractivity contribution in [1.82, 2.24) is 0 Å². The summed E-state index contributed by atoms with van der Waals surface area (Å²) in [6.07, 6.45) is 12.0. The molecular formula is C21H36O4. The summed E-state index contributed by atoms with van der Waals surface area (Å²) >= 11 is 0. The van der Waals surface area contributed by atoms with Gasteiger partial charge in [-0.25, -0.2) is 0 Å². The standard InChI is InChI=1S/C21H36O4/c1-21(2,15-3-7-17(8-4-15)22-11-19-13-24-19)16-5-9-18(10-6-16)23-12-20-14-25-20/h15-20H,3-14H2,1-2H3/t15?,16?,17?,18?,19-,20?/m1/s1. The van der Waals surface area contributed by atoms with Crippen LogP contribution in [0.2, 0.25) is 0 Å². The maximum absolute atomic E-state index is 6.03. The topological polar surface area (TPSA) is 43.5 Å². The Morgan fingerprint density at radius 1 is 0.680 bits per heavy atom. The molecule has 2 saturated carbocycles. The molecule has 4 nitrogen and oxygen atoms in total. The summed E-state index contributed by atoms with van der Waals surface area (Å²) in [5, 5.41) is 0. The summed E-state index contributed by atoms with van der Waals surface area (Å²) in [7, 11) is 0. The fraction of sp³-hybridized carbons (Fsp3) is 1.00. The highest BCUT2D eigenvalue weighted by Gasteiger charge is 2.41. The molecule has 2 saturated heterocycles. The second-order valence-electron chi connectivity index (χ2n) is 9.35. The summed E-state index contributed by atoms with van der Waals surface area (Å²) in [6.45, 7) is 8.50. The van der Waals surface area contributed by atoms with Gasteiger partial charge < -0.3 is 18.9 Å². The van der Waals surface area contributed by atoms with Gasteiger partial charge in [-0.1, -0.05) is 13.8 Å². The summed E-state index contributed by atoms with van der Waals surface area (Å²) in [6, 6.07) is 0. The predicted octanol–water partition coefficient (Wildman–Crippen LogP) is 3.96. The molecule has 0 amide bonds. The molecule has 0 bridgehead atoms. The second kappa shape index (κ2) is 7.84. The molecular weight excluding hydrogens is 316 g/mol. The third-order valence-electron chi connectivity index (χ3n) is 7.29. The van der Waals surface area contributed by atoms with Gasteiger partial charge in [0, 0.05) is 0 Å². The van der Waals surface area contributed by atoms with Crippen molar-refractivity contribution in [3.8, 4) is 0 Å². The minimum absolute atomic E-state index is 0.401. The summed E-state index contributed by atoms with van der Waals surface area (Å²) in [4.78, 5) is 0. The SMILES string of the molecule is CC(C)(C1CCC(OCC2CO2)CC1)C1CCC(OC[C@@H]2CO2)CC1. The van der Waals surface area contributed by atoms with Gasteiger partial charge in [-0.15, -0.1) is 0 Å². The highest BCUT2D eigenvalue weighted by atomic mass is 16.6. The lowest BCUT2D eigenvalue weighted by Crippen LogP contribution is -2.39. The van der Waals surface area contributed by atoms with Gasteiger partial charge in [0.1, 0.15) is 12.2 Å². The molecule has 2 aliphatic carbocycles. The molecule has 25 heavy (non-hydrogen) atoms. The second-order valence-corrected chi connectivity index (χ2v) is 9.35. The molecule has 0 N–H and O–H groups in total. The molecule has 0 aromatic heterocycles. The third-order valence-corrected chi connectivity index (χ3v) is 7.29. The van der Waals surface area contributed by atoms with Crippen molar-refractivity contribution in [3.05, 3.63) is 0 Å². The molecule has 1 unspecified atom stereocenters. The third kappa shape index (κ3) is 4.97. The minimum atomic E-state index is 0.401. The van der Waals surface area contributed by atoms with Crippen LogP contribution in [0.25, 0.3) is 0 Å². The van der Waals surface area contributed by atoms with Gasteiger partial charge in [-0.2, -0.15) is 0 Å². The van der Waals surface area contributed by atoms with Gasteiger partial charge in [0.15, 0.2) is 0 Å². The van der Waals surface area contributed by atoms with Crippen molar-refractivity contribution in [2.45, 2.75) is 89.6 Å². The van der Waals surface area contributed by atoms with Gasteiger partial charge in [-0.3, -0.25) is 0 Å². The molecule has 144 valence electrons. The van der Waals surface area contributed by atoms with Crippen LogP contribution in [0.1, 0.15) is 65.2 Å². The van der Waals surface area contributed by atoms with Crippen LogP contribution < -0.4 is 0 Å². The average molecular weight is 353 g/mol. The fourth-order valence-electron chi connectivity index (χ4n) is 5.10. The van der Waals surface area contributed by atoms with E-state index in [1.54, 1.807) is 0 Å². The first-order valence-corrected chi connectivity index (χ1v) is 10.6. The number of rotatable bonds is 8. The first kappa shape index (κ1) is 18.2. The van der Waals surface area contributed by atoms with Crippen molar-refractivity contribution in [2.75, 3.05) is 26.4 Å². The predicted molar refractivity (Wildman–Crippen MR) is 96.7 cm³/mol. The van der Waals surface area contributed by atoms with Crippen LogP contribution in [-0.4, -0.2) is 50.8 Å². The zero-order valence-electron chi connectivity index (χ0n) is 16.1. The van der Waals surface area contributed by atoms with Crippen molar-refractivity contribution in [2.24, 2.45) is 17.3 Å². The van der Waals surface area contributed by atoms with E-state index in [4.69, 9.17) is 18.9 Å². The van der Waals surface area contributed by atoms with Crippen LogP contribution in [0.3, 0.4) is 0 Å². The highest BCUT2D eigenvalue weighted by Crippen LogP contribution is 2.48. The smallest absolute Gasteiger partial charge is 0.104 e. The van der Waals surface area contributed by atoms with Gasteiger partial charge in [0.05, 0.1) is 38.6 Å². The Bertz CT molecular complexity index is 376. The summed E-state index contributed by atoms with van der Waals surface area (Å²) in [5.41, 5.74) is 0.454. The minimum Gasteiger partial charge on any atom is -0.375 e. The molecule has 0 aromatic rings. The first-order chi connectivity index (χ1) is 12.1. The van der Waals surface area contributed by atoms with Gasteiger partial charge >= 0.3 is 0 Å². The van der Waals surface area contributed by atoms with E-state index < -0.39 is 0 Å². The van der Waals surface area contributed by atoms with Crippen molar-refractivity contribution in [3.63, 3.8) is 0 Å². The van der Waals surface area contributed by atoms with E-state index in [1.807, 2.05) is 0 Å². The van der Waals surface area contributed by atoms with Crippen LogP contribution in [-0.2, 0) is 18.9 Å². The van der Waals surface area contributed by atoms with Gasteiger partial charge in [0.2, 0.25) is 0 Å². The zero-order chi connectivity index (χ0) is 17.3. The maximum Gasteiger partial charge on any atom is 0.104 e. The normalized spacial score (nSPS) is 41.5. The van der Waals surface area contributed by atoms with E-state index in [1.165, 1.54) is 51.4 Å². The average Bonchev–Trinajstić information content (AvgIpc) is 3.54. The molecule has 0 radical (unpaired) electrons. The van der Waals surface area contributed by atoms with Crippen molar-refractivity contribution < 1.29 is 18.9 Å². The lowest BCUT2D eigenvalue weighted by atomic mass is 9.60. The van der Waals surface area contributed by atoms with E-state index in [9.17, 15) is 0 Å². The number of hydrogen-bond acceptors (Lipinski definition) is 4. The van der Waals surface area contributed by atoms with Crippen molar-refractivity contribution in [1.29, 1.82) is 0 Å². The number of hydrogen-bond donors (Lipinski definition) is 0. The van der Waals surface area contributed by atoms with E-state index in [0.717, 1.165) is 38.3 Å². The molecule has 4 fully saturated rings. The lowest BCUT2D eigenvalue weighted by Gasteiger charge is -2.46. The Labute approximate surface area is 152 Å². The first-order valence-electron chi connectivity index (χ1n) is 10.6. The molecule has 4 aliphatic rings. The van der Waals surface area contributed by atoms with Gasteiger partial charge in [0.25, 0.3) is 0 Å². The largest absolute Gasteiger partial charge is 0.375 e. The fourth-order valence-corrected chi connectivity index (χ4v) is 5.10. The van der Waals surface area contributed by atoms with Crippen LogP contribution >= 0.6 is 0 Å². The van der Waals surface area contributed by atoms with Crippen LogP contribution in [0.15, 0.2) is 0 Å². The number of ether oxygens (including phenoxy) is 4. The van der Waals surface area contributed by atoms with E-state index >= 15 is 0 Å². The molecule has 0 aromatic carbocycles. The van der Waals surface area contributed by atoms with E-state index in [-0.39, 0.29) is 0 Å². The molecule has 2 aliphatic heterocycles. The quantitative estimate of drug-likeness (QED) is 0.620. The molecule has 4 rings (SSSR count). The molecule has 0 spiro atoms. The monoisotopic (exact) mass is 352 g/mol. The van der Waals surface area contributed by atoms with Crippen LogP contribution in [0.5, 0.6) is 0 Å². The summed E-state index contributed by atoms with van der Waals surface area (Å²) in [5.74, 6) is 1.71. The number of epoxide rings is 2. The highest BCUT2D eigenvalue weighted by molar-refractivity contribution is 4.91. The van der Waals surface area contributed by atoms with Crippen molar-refractivity contribution >= 4 is 0 Å². The Morgan fingerprint density at radius 2 is 1.04 bits per heavy atom. The van der Waals surface area contributed by atoms with Crippen LogP contribution in [0.4, 0.5) is 0 Å². The molecule has 2 heterocycles. The lowest BCUT2D eigenvalue weighted by molar-refractivity contribution is -0.0387. The summed E-state index contributed by atoms with van der Waals surface area (Å²) < 4.78 is 22.6. The van der Waals surface area contributed by atoms with E-state index in [2.05, 4.69) is 13.8 Å². The molecule has 2 atom stereocenters. The maximum atomic E-state index is 6.03. The Morgan fingerprint density at radius 3 is 1.36 bits per heavy atom. The Kier molecular flexibility index (Phi) is 5.71.